The summed E-state index contributed by atoms with van der Waals surface area (Å²) in [5.74, 6) is 0.732. The third-order valence-electron chi connectivity index (χ3n) is 3.14. The molecule has 1 fully saturated rings. The molecule has 0 amide bonds. The lowest BCUT2D eigenvalue weighted by atomic mass is 10.00. The molecule has 1 saturated carbocycles. The number of hydrogen-bond acceptors (Lipinski definition) is 3. The fourth-order valence-corrected chi connectivity index (χ4v) is 1.90. The van der Waals surface area contributed by atoms with Crippen LogP contribution in [0.4, 0.5) is 5.69 Å². The topological polar surface area (TPSA) is 69.2 Å². The van der Waals surface area contributed by atoms with Crippen LogP contribution in [0.3, 0.4) is 0 Å². The molecule has 4 nitrogen and oxygen atoms in total. The molecule has 0 radical (unpaired) electrons. The summed E-state index contributed by atoms with van der Waals surface area (Å²) in [6, 6.07) is 5.23. The van der Waals surface area contributed by atoms with Gasteiger partial charge >= 0.3 is 0 Å². The van der Waals surface area contributed by atoms with Crippen molar-refractivity contribution in [3.05, 3.63) is 39.4 Å². The van der Waals surface area contributed by atoms with Crippen molar-refractivity contribution >= 4 is 5.69 Å². The Hall–Kier alpha value is -1.42. The van der Waals surface area contributed by atoms with Crippen LogP contribution in [0.25, 0.3) is 0 Å². The van der Waals surface area contributed by atoms with E-state index in [-0.39, 0.29) is 16.7 Å². The lowest BCUT2D eigenvalue weighted by Crippen LogP contribution is -2.11. The minimum atomic E-state index is -0.345. The zero-order chi connectivity index (χ0) is 11.7. The quantitative estimate of drug-likeness (QED) is 0.626. The minimum absolute atomic E-state index is 0.0631. The summed E-state index contributed by atoms with van der Waals surface area (Å²) < 4.78 is 0. The van der Waals surface area contributed by atoms with E-state index in [1.165, 1.54) is 12.8 Å². The monoisotopic (exact) mass is 220 g/mol. The third kappa shape index (κ3) is 2.39. The van der Waals surface area contributed by atoms with Crippen molar-refractivity contribution in [3.63, 3.8) is 0 Å². The van der Waals surface area contributed by atoms with Crippen LogP contribution in [-0.4, -0.2) is 4.92 Å². The second-order valence-electron chi connectivity index (χ2n) is 4.59. The molecule has 2 rings (SSSR count). The van der Waals surface area contributed by atoms with Crippen LogP contribution in [0.2, 0.25) is 0 Å². The van der Waals surface area contributed by atoms with Gasteiger partial charge in [-0.05, 0) is 24.8 Å². The predicted octanol–water partition coefficient (Wildman–Crippen LogP) is 2.70. The van der Waals surface area contributed by atoms with Crippen molar-refractivity contribution in [1.29, 1.82) is 0 Å². The number of aryl methyl sites for hydroxylation is 1. The molecule has 0 saturated heterocycles. The Morgan fingerprint density at radius 2 is 2.25 bits per heavy atom. The van der Waals surface area contributed by atoms with Crippen molar-refractivity contribution in [3.8, 4) is 0 Å². The van der Waals surface area contributed by atoms with E-state index in [0.717, 1.165) is 17.9 Å². The van der Waals surface area contributed by atoms with Crippen molar-refractivity contribution in [1.82, 2.24) is 0 Å². The molecule has 2 N–H and O–H groups in total. The van der Waals surface area contributed by atoms with Crippen LogP contribution in [0.5, 0.6) is 0 Å². The molecule has 0 aliphatic heterocycles. The van der Waals surface area contributed by atoms with E-state index in [1.807, 2.05) is 6.07 Å². The van der Waals surface area contributed by atoms with Gasteiger partial charge in [0, 0.05) is 17.7 Å². The standard InChI is InChI=1S/C12H16N2O2/c1-8-2-5-10(7-12(8)14(15)16)11(13)6-9-3-4-9/h2,5,7,9,11H,3-4,6,13H2,1H3/t11-/m0/s1. The van der Waals surface area contributed by atoms with Crippen LogP contribution in [0, 0.1) is 23.0 Å². The average Bonchev–Trinajstić information content (AvgIpc) is 3.01. The molecule has 0 spiro atoms. The number of benzene rings is 1. The van der Waals surface area contributed by atoms with Gasteiger partial charge in [-0.3, -0.25) is 10.1 Å². The Bertz CT molecular complexity index is 413. The van der Waals surface area contributed by atoms with Crippen molar-refractivity contribution in [2.45, 2.75) is 32.2 Å². The fourth-order valence-electron chi connectivity index (χ4n) is 1.90. The number of nitrogens with two attached hydrogens (primary N) is 1. The van der Waals surface area contributed by atoms with E-state index in [2.05, 4.69) is 0 Å². The van der Waals surface area contributed by atoms with Gasteiger partial charge in [0.2, 0.25) is 0 Å². The van der Waals surface area contributed by atoms with Gasteiger partial charge in [-0.15, -0.1) is 0 Å². The molecule has 0 heterocycles. The Morgan fingerprint density at radius 1 is 1.56 bits per heavy atom. The molecule has 1 aromatic carbocycles. The summed E-state index contributed by atoms with van der Waals surface area (Å²) in [6.07, 6.45) is 3.45. The van der Waals surface area contributed by atoms with Crippen molar-refractivity contribution in [2.75, 3.05) is 0 Å². The minimum Gasteiger partial charge on any atom is -0.324 e. The highest BCUT2D eigenvalue weighted by Crippen LogP contribution is 2.37. The summed E-state index contributed by atoms with van der Waals surface area (Å²) in [5, 5.41) is 10.8. The van der Waals surface area contributed by atoms with E-state index >= 15 is 0 Å². The highest BCUT2D eigenvalue weighted by Gasteiger charge is 2.25. The Kier molecular flexibility index (Phi) is 2.92. The Morgan fingerprint density at radius 3 is 2.81 bits per heavy atom. The first-order valence-electron chi connectivity index (χ1n) is 5.58. The maximum atomic E-state index is 10.8. The summed E-state index contributed by atoms with van der Waals surface area (Å²) >= 11 is 0. The van der Waals surface area contributed by atoms with Gasteiger partial charge in [0.1, 0.15) is 0 Å². The summed E-state index contributed by atoms with van der Waals surface area (Å²) in [7, 11) is 0. The second kappa shape index (κ2) is 4.22. The van der Waals surface area contributed by atoms with Gasteiger partial charge < -0.3 is 5.73 Å². The molecule has 1 aliphatic carbocycles. The van der Waals surface area contributed by atoms with Gasteiger partial charge in [0.15, 0.2) is 0 Å². The van der Waals surface area contributed by atoms with Gasteiger partial charge in [0.05, 0.1) is 4.92 Å². The lowest BCUT2D eigenvalue weighted by molar-refractivity contribution is -0.385. The van der Waals surface area contributed by atoms with Gasteiger partial charge in [-0.2, -0.15) is 0 Å². The third-order valence-corrected chi connectivity index (χ3v) is 3.14. The molecule has 1 aliphatic rings. The SMILES string of the molecule is Cc1ccc([C@@H](N)CC2CC2)cc1[N+](=O)[O-]. The molecule has 0 aromatic heterocycles. The second-order valence-corrected chi connectivity index (χ2v) is 4.59. The van der Waals surface area contributed by atoms with Crippen LogP contribution < -0.4 is 5.73 Å². The van der Waals surface area contributed by atoms with Crippen LogP contribution in [0.1, 0.15) is 36.4 Å². The smallest absolute Gasteiger partial charge is 0.272 e. The van der Waals surface area contributed by atoms with Crippen molar-refractivity contribution in [2.24, 2.45) is 11.7 Å². The van der Waals surface area contributed by atoms with Gasteiger partial charge in [0.25, 0.3) is 5.69 Å². The molecule has 1 atom stereocenters. The first-order chi connectivity index (χ1) is 7.58. The zero-order valence-corrected chi connectivity index (χ0v) is 9.35. The molecule has 86 valence electrons. The van der Waals surface area contributed by atoms with E-state index < -0.39 is 0 Å². The summed E-state index contributed by atoms with van der Waals surface area (Å²) in [4.78, 5) is 10.5. The molecule has 0 bridgehead atoms. The lowest BCUT2D eigenvalue weighted by Gasteiger charge is -2.11. The predicted molar refractivity (Wildman–Crippen MR) is 62.1 cm³/mol. The molecule has 0 unspecified atom stereocenters. The van der Waals surface area contributed by atoms with Crippen LogP contribution in [0.15, 0.2) is 18.2 Å². The van der Waals surface area contributed by atoms with Gasteiger partial charge in [-0.1, -0.05) is 25.0 Å². The molecule has 1 aromatic rings. The number of rotatable bonds is 4. The first-order valence-corrected chi connectivity index (χ1v) is 5.58. The highest BCUT2D eigenvalue weighted by atomic mass is 16.6. The summed E-state index contributed by atoms with van der Waals surface area (Å²) in [6.45, 7) is 1.74. The van der Waals surface area contributed by atoms with Crippen LogP contribution >= 0.6 is 0 Å². The maximum absolute atomic E-state index is 10.8. The largest absolute Gasteiger partial charge is 0.324 e. The Labute approximate surface area is 94.6 Å². The average molecular weight is 220 g/mol. The Balaban J connectivity index is 2.20. The van der Waals surface area contributed by atoms with E-state index in [4.69, 9.17) is 5.73 Å². The maximum Gasteiger partial charge on any atom is 0.272 e. The summed E-state index contributed by atoms with van der Waals surface area (Å²) in [5.41, 5.74) is 7.77. The van der Waals surface area contributed by atoms with Crippen molar-refractivity contribution < 1.29 is 4.92 Å². The first kappa shape index (κ1) is 11.1. The highest BCUT2D eigenvalue weighted by molar-refractivity contribution is 5.43. The molecular weight excluding hydrogens is 204 g/mol. The molecular formula is C12H16N2O2. The molecule has 16 heavy (non-hydrogen) atoms. The van der Waals surface area contributed by atoms with Crippen LogP contribution in [-0.2, 0) is 0 Å². The number of nitro benzene ring substituents is 1. The fraction of sp³-hybridized carbons (Fsp3) is 0.500. The number of nitro groups is 1. The molecule has 4 heteroatoms. The van der Waals surface area contributed by atoms with E-state index in [0.29, 0.717) is 5.56 Å². The van der Waals surface area contributed by atoms with E-state index in [1.54, 1.807) is 19.1 Å². The van der Waals surface area contributed by atoms with Gasteiger partial charge in [-0.25, -0.2) is 0 Å². The normalized spacial score (nSPS) is 17.1. The number of hydrogen-bond donors (Lipinski definition) is 1. The van der Waals surface area contributed by atoms with E-state index in [9.17, 15) is 10.1 Å². The zero-order valence-electron chi connectivity index (χ0n) is 9.35. The number of nitrogens with zero attached hydrogens (tertiary/aromatic N) is 1.